The Balaban J connectivity index is 4.05. The van der Waals surface area contributed by atoms with E-state index >= 15 is 0 Å². The molecule has 0 aromatic carbocycles. The Morgan fingerprint density at radius 3 is 2.54 bits per heavy atom. The molecule has 0 aromatic rings. The van der Waals surface area contributed by atoms with Crippen LogP contribution in [0.5, 0.6) is 0 Å². The molecule has 3 N–H and O–H groups in total. The first-order valence-corrected chi connectivity index (χ1v) is 4.55. The summed E-state index contributed by atoms with van der Waals surface area (Å²) in [4.78, 5) is 11.4. The Bertz CT molecular complexity index is 207. The number of carbonyl (C=O) groups excluding carboxylic acids is 1. The Morgan fingerprint density at radius 2 is 2.15 bits per heavy atom. The highest BCUT2D eigenvalue weighted by molar-refractivity contribution is 5.82. The molecule has 3 atom stereocenters. The minimum atomic E-state index is -0.458. The molecule has 0 spiro atoms. The van der Waals surface area contributed by atoms with Crippen LogP contribution in [0.15, 0.2) is 0 Å². The van der Waals surface area contributed by atoms with Gasteiger partial charge in [-0.15, -0.1) is 6.42 Å². The van der Waals surface area contributed by atoms with Gasteiger partial charge < -0.3 is 11.1 Å². The zero-order valence-electron chi connectivity index (χ0n) is 8.50. The smallest absolute Gasteiger partial charge is 0.238 e. The lowest BCUT2D eigenvalue weighted by molar-refractivity contribution is -0.123. The summed E-state index contributed by atoms with van der Waals surface area (Å²) in [5.41, 5.74) is 5.69. The third-order valence-corrected chi connectivity index (χ3v) is 2.17. The first-order valence-electron chi connectivity index (χ1n) is 4.55. The average molecular weight is 182 g/mol. The van der Waals surface area contributed by atoms with Crippen molar-refractivity contribution < 1.29 is 4.79 Å². The summed E-state index contributed by atoms with van der Waals surface area (Å²) in [6.45, 7) is 5.70. The van der Waals surface area contributed by atoms with Crippen molar-refractivity contribution >= 4 is 5.91 Å². The molecule has 3 heteroatoms. The minimum Gasteiger partial charge on any atom is -0.341 e. The second-order valence-electron chi connectivity index (χ2n) is 3.31. The first-order chi connectivity index (χ1) is 6.02. The van der Waals surface area contributed by atoms with Crippen molar-refractivity contribution in [3.63, 3.8) is 0 Å². The van der Waals surface area contributed by atoms with Crippen LogP contribution in [0.3, 0.4) is 0 Å². The predicted octanol–water partition coefficient (Wildman–Crippen LogP) is 0.498. The highest BCUT2D eigenvalue weighted by Gasteiger charge is 2.19. The van der Waals surface area contributed by atoms with Crippen molar-refractivity contribution in [1.82, 2.24) is 5.32 Å². The molecular formula is C10H18N2O. The normalized spacial score (nSPS) is 16.8. The van der Waals surface area contributed by atoms with Crippen LogP contribution in [0, 0.1) is 18.3 Å². The molecule has 3 nitrogen and oxygen atoms in total. The van der Waals surface area contributed by atoms with Gasteiger partial charge in [0.15, 0.2) is 0 Å². The molecule has 0 heterocycles. The SMILES string of the molecule is C#CC(C)NC(=O)C(N)C(C)CC. The third kappa shape index (κ3) is 3.95. The molecule has 0 aliphatic rings. The summed E-state index contributed by atoms with van der Waals surface area (Å²) in [6, 6.07) is -0.705. The van der Waals surface area contributed by atoms with Gasteiger partial charge in [0.25, 0.3) is 0 Å². The number of hydrogen-bond donors (Lipinski definition) is 2. The largest absolute Gasteiger partial charge is 0.341 e. The topological polar surface area (TPSA) is 55.1 Å². The molecule has 0 fully saturated rings. The fourth-order valence-corrected chi connectivity index (χ4v) is 0.864. The van der Waals surface area contributed by atoms with Crippen LogP contribution in [0.1, 0.15) is 27.2 Å². The predicted molar refractivity (Wildman–Crippen MR) is 53.9 cm³/mol. The molecule has 0 aromatic heterocycles. The standard InChI is InChI=1S/C10H18N2O/c1-5-7(3)9(11)10(13)12-8(4)6-2/h2,7-9H,5,11H2,1,3-4H3,(H,12,13). The van der Waals surface area contributed by atoms with Crippen LogP contribution >= 0.6 is 0 Å². The molecule has 13 heavy (non-hydrogen) atoms. The quantitative estimate of drug-likeness (QED) is 0.622. The van der Waals surface area contributed by atoms with Crippen LogP contribution < -0.4 is 11.1 Å². The fourth-order valence-electron chi connectivity index (χ4n) is 0.864. The Kier molecular flexibility index (Phi) is 5.17. The van der Waals surface area contributed by atoms with Crippen LogP contribution in [0.2, 0.25) is 0 Å². The first kappa shape index (κ1) is 12.0. The second kappa shape index (κ2) is 5.60. The average Bonchev–Trinajstić information content (AvgIpc) is 2.14. The number of terminal acetylenes is 1. The van der Waals surface area contributed by atoms with E-state index in [9.17, 15) is 4.79 Å². The zero-order valence-corrected chi connectivity index (χ0v) is 8.50. The van der Waals surface area contributed by atoms with Gasteiger partial charge >= 0.3 is 0 Å². The lowest BCUT2D eigenvalue weighted by Crippen LogP contribution is -2.47. The second-order valence-corrected chi connectivity index (χ2v) is 3.31. The lowest BCUT2D eigenvalue weighted by atomic mass is 9.99. The fraction of sp³-hybridized carbons (Fsp3) is 0.700. The van der Waals surface area contributed by atoms with Crippen molar-refractivity contribution in [3.05, 3.63) is 0 Å². The van der Waals surface area contributed by atoms with Crippen molar-refractivity contribution in [2.75, 3.05) is 0 Å². The van der Waals surface area contributed by atoms with Crippen molar-refractivity contribution in [2.45, 2.75) is 39.3 Å². The minimum absolute atomic E-state index is 0.167. The van der Waals surface area contributed by atoms with Crippen LogP contribution in [0.4, 0.5) is 0 Å². The molecule has 74 valence electrons. The van der Waals surface area contributed by atoms with E-state index in [1.54, 1.807) is 6.92 Å². The van der Waals surface area contributed by atoms with Gasteiger partial charge in [0.2, 0.25) is 5.91 Å². The van der Waals surface area contributed by atoms with E-state index in [1.807, 2.05) is 13.8 Å². The summed E-state index contributed by atoms with van der Waals surface area (Å²) in [5.74, 6) is 2.44. The van der Waals surface area contributed by atoms with E-state index in [0.29, 0.717) is 0 Å². The Labute approximate surface area is 80.1 Å². The summed E-state index contributed by atoms with van der Waals surface area (Å²) < 4.78 is 0. The van der Waals surface area contributed by atoms with Crippen molar-refractivity contribution in [2.24, 2.45) is 11.7 Å². The van der Waals surface area contributed by atoms with Gasteiger partial charge in [-0.1, -0.05) is 26.2 Å². The number of nitrogens with one attached hydrogen (secondary N) is 1. The molecule has 0 bridgehead atoms. The number of rotatable bonds is 4. The van der Waals surface area contributed by atoms with Crippen molar-refractivity contribution in [1.29, 1.82) is 0 Å². The van der Waals surface area contributed by atoms with Crippen LogP contribution in [-0.2, 0) is 4.79 Å². The summed E-state index contributed by atoms with van der Waals surface area (Å²) >= 11 is 0. The van der Waals surface area contributed by atoms with E-state index < -0.39 is 6.04 Å². The summed E-state index contributed by atoms with van der Waals surface area (Å²) in [5, 5.41) is 2.64. The maximum atomic E-state index is 11.4. The maximum Gasteiger partial charge on any atom is 0.238 e. The highest BCUT2D eigenvalue weighted by atomic mass is 16.2. The monoisotopic (exact) mass is 182 g/mol. The van der Waals surface area contributed by atoms with Gasteiger partial charge in [0, 0.05) is 0 Å². The van der Waals surface area contributed by atoms with Gasteiger partial charge in [-0.3, -0.25) is 4.79 Å². The molecule has 0 aliphatic carbocycles. The van der Waals surface area contributed by atoms with Crippen LogP contribution in [0.25, 0.3) is 0 Å². The third-order valence-electron chi connectivity index (χ3n) is 2.17. The Morgan fingerprint density at radius 1 is 1.62 bits per heavy atom. The Hall–Kier alpha value is -1.01. The molecule has 3 unspecified atom stereocenters. The molecule has 0 saturated carbocycles. The zero-order chi connectivity index (χ0) is 10.4. The van der Waals surface area contributed by atoms with E-state index in [2.05, 4.69) is 11.2 Å². The maximum absolute atomic E-state index is 11.4. The van der Waals surface area contributed by atoms with Crippen molar-refractivity contribution in [3.8, 4) is 12.3 Å². The number of hydrogen-bond acceptors (Lipinski definition) is 2. The number of amides is 1. The van der Waals surface area contributed by atoms with Crippen LogP contribution in [-0.4, -0.2) is 18.0 Å². The highest BCUT2D eigenvalue weighted by Crippen LogP contribution is 2.05. The lowest BCUT2D eigenvalue weighted by Gasteiger charge is -2.18. The van der Waals surface area contributed by atoms with E-state index in [1.165, 1.54) is 0 Å². The van der Waals surface area contributed by atoms with E-state index in [0.717, 1.165) is 6.42 Å². The number of nitrogens with two attached hydrogens (primary N) is 1. The van der Waals surface area contributed by atoms with Gasteiger partial charge in [0.1, 0.15) is 0 Å². The molecule has 0 rings (SSSR count). The molecule has 1 amide bonds. The van der Waals surface area contributed by atoms with E-state index in [4.69, 9.17) is 12.2 Å². The molecule has 0 aliphatic heterocycles. The van der Waals surface area contributed by atoms with Gasteiger partial charge in [0.05, 0.1) is 12.1 Å². The van der Waals surface area contributed by atoms with Gasteiger partial charge in [-0.2, -0.15) is 0 Å². The van der Waals surface area contributed by atoms with Gasteiger partial charge in [-0.25, -0.2) is 0 Å². The molecule has 0 radical (unpaired) electrons. The van der Waals surface area contributed by atoms with Gasteiger partial charge in [-0.05, 0) is 12.8 Å². The summed E-state index contributed by atoms with van der Waals surface area (Å²) in [7, 11) is 0. The molecular weight excluding hydrogens is 164 g/mol. The summed E-state index contributed by atoms with van der Waals surface area (Å²) in [6.07, 6.45) is 6.01. The van der Waals surface area contributed by atoms with E-state index in [-0.39, 0.29) is 17.9 Å². The number of carbonyl (C=O) groups is 1. The molecule has 0 saturated heterocycles.